The van der Waals surface area contributed by atoms with E-state index in [1.165, 1.54) is 12.5 Å². The van der Waals surface area contributed by atoms with Crippen LogP contribution in [0.3, 0.4) is 0 Å². The second kappa shape index (κ2) is 5.78. The zero-order valence-corrected chi connectivity index (χ0v) is 11.3. The summed E-state index contributed by atoms with van der Waals surface area (Å²) in [7, 11) is 0. The van der Waals surface area contributed by atoms with Crippen LogP contribution in [0.4, 0.5) is 8.78 Å². The Balaban J connectivity index is 2.14. The highest BCUT2D eigenvalue weighted by Gasteiger charge is 2.27. The Labute approximate surface area is 112 Å². The number of carbonyl (C=O) groups is 1. The van der Waals surface area contributed by atoms with E-state index in [4.69, 9.17) is 0 Å². The molecule has 104 valence electrons. The lowest BCUT2D eigenvalue weighted by Gasteiger charge is -2.34. The lowest BCUT2D eigenvalue weighted by Crippen LogP contribution is -2.44. The molecule has 19 heavy (non-hydrogen) atoms. The number of piperidine rings is 1. The van der Waals surface area contributed by atoms with Crippen molar-refractivity contribution in [1.29, 1.82) is 0 Å². The van der Waals surface area contributed by atoms with E-state index in [1.807, 2.05) is 0 Å². The van der Waals surface area contributed by atoms with Gasteiger partial charge in [-0.2, -0.15) is 0 Å². The number of carbonyl (C=O) groups excluding carboxylic acids is 1. The molecule has 0 spiro atoms. The van der Waals surface area contributed by atoms with Gasteiger partial charge in [-0.15, -0.1) is 0 Å². The number of hydrogen-bond donors (Lipinski definition) is 0. The molecule has 1 aliphatic rings. The van der Waals surface area contributed by atoms with Crippen LogP contribution in [0.2, 0.25) is 0 Å². The Hall–Kier alpha value is -1.29. The highest BCUT2D eigenvalue weighted by Crippen LogP contribution is 2.20. The number of likely N-dealkylation sites (tertiary alicyclic amines) is 1. The SMILES string of the molecule is CC1CCCN(C(C)C(=O)c2ccc(F)cc2F)C1. The minimum Gasteiger partial charge on any atom is -0.293 e. The average molecular weight is 267 g/mol. The number of rotatable bonds is 3. The molecule has 1 aliphatic heterocycles. The van der Waals surface area contributed by atoms with Gasteiger partial charge < -0.3 is 0 Å². The average Bonchev–Trinajstić information content (AvgIpc) is 2.37. The van der Waals surface area contributed by atoms with Crippen molar-refractivity contribution in [1.82, 2.24) is 4.90 Å². The van der Waals surface area contributed by atoms with Gasteiger partial charge in [0.1, 0.15) is 11.6 Å². The second-order valence-electron chi connectivity index (χ2n) is 5.41. The molecule has 2 rings (SSSR count). The molecule has 0 radical (unpaired) electrons. The van der Waals surface area contributed by atoms with E-state index in [0.717, 1.165) is 31.6 Å². The summed E-state index contributed by atoms with van der Waals surface area (Å²) in [6.45, 7) is 5.67. The van der Waals surface area contributed by atoms with Crippen molar-refractivity contribution in [2.75, 3.05) is 13.1 Å². The normalized spacial score (nSPS) is 22.2. The first-order valence-electron chi connectivity index (χ1n) is 6.72. The van der Waals surface area contributed by atoms with Crippen molar-refractivity contribution in [3.05, 3.63) is 35.4 Å². The highest BCUT2D eigenvalue weighted by molar-refractivity contribution is 6.00. The van der Waals surface area contributed by atoms with Gasteiger partial charge in [0.15, 0.2) is 5.78 Å². The third kappa shape index (κ3) is 3.18. The van der Waals surface area contributed by atoms with Crippen molar-refractivity contribution in [2.24, 2.45) is 5.92 Å². The van der Waals surface area contributed by atoms with Crippen LogP contribution in [0.1, 0.15) is 37.0 Å². The van der Waals surface area contributed by atoms with Gasteiger partial charge in [-0.3, -0.25) is 9.69 Å². The first kappa shape index (κ1) is 14.1. The number of nitrogens with zero attached hydrogens (tertiary/aromatic N) is 1. The summed E-state index contributed by atoms with van der Waals surface area (Å²) in [6, 6.07) is 2.76. The number of halogens is 2. The Morgan fingerprint density at radius 3 is 2.79 bits per heavy atom. The van der Waals surface area contributed by atoms with Gasteiger partial charge in [0.2, 0.25) is 0 Å². The van der Waals surface area contributed by atoms with Crippen LogP contribution >= 0.6 is 0 Å². The topological polar surface area (TPSA) is 20.3 Å². The van der Waals surface area contributed by atoms with Gasteiger partial charge in [-0.05, 0) is 44.4 Å². The van der Waals surface area contributed by atoms with Crippen molar-refractivity contribution < 1.29 is 13.6 Å². The Kier molecular flexibility index (Phi) is 4.30. The van der Waals surface area contributed by atoms with Gasteiger partial charge in [-0.1, -0.05) is 6.92 Å². The molecule has 0 saturated carbocycles. The van der Waals surface area contributed by atoms with E-state index in [-0.39, 0.29) is 17.4 Å². The lowest BCUT2D eigenvalue weighted by molar-refractivity contribution is 0.0761. The standard InChI is InChI=1S/C15H19F2NO/c1-10-4-3-7-18(9-10)11(2)15(19)13-6-5-12(16)8-14(13)17/h5-6,8,10-11H,3-4,7,9H2,1-2H3. The summed E-state index contributed by atoms with van der Waals surface area (Å²) >= 11 is 0. The molecule has 0 N–H and O–H groups in total. The summed E-state index contributed by atoms with van der Waals surface area (Å²) in [4.78, 5) is 14.4. The predicted octanol–water partition coefficient (Wildman–Crippen LogP) is 3.27. The number of benzene rings is 1. The maximum Gasteiger partial charge on any atom is 0.182 e. The maximum atomic E-state index is 13.6. The molecule has 4 heteroatoms. The highest BCUT2D eigenvalue weighted by atomic mass is 19.1. The minimum absolute atomic E-state index is 0.0212. The number of ketones is 1. The van der Waals surface area contributed by atoms with Crippen LogP contribution in [0.25, 0.3) is 0 Å². The first-order valence-corrected chi connectivity index (χ1v) is 6.72. The summed E-state index contributed by atoms with van der Waals surface area (Å²) in [5.41, 5.74) is -0.0212. The molecule has 0 bridgehead atoms. The van der Waals surface area contributed by atoms with Crippen molar-refractivity contribution >= 4 is 5.78 Å². The van der Waals surface area contributed by atoms with Crippen LogP contribution in [0, 0.1) is 17.6 Å². The Bertz CT molecular complexity index is 475. The third-order valence-electron chi connectivity index (χ3n) is 3.81. The van der Waals surface area contributed by atoms with Gasteiger partial charge in [0.25, 0.3) is 0 Å². The van der Waals surface area contributed by atoms with Crippen LogP contribution in [-0.2, 0) is 0 Å². The molecule has 0 amide bonds. The molecule has 2 nitrogen and oxygen atoms in total. The third-order valence-corrected chi connectivity index (χ3v) is 3.81. The quantitative estimate of drug-likeness (QED) is 0.783. The van der Waals surface area contributed by atoms with E-state index in [1.54, 1.807) is 6.92 Å². The molecule has 1 fully saturated rings. The van der Waals surface area contributed by atoms with Gasteiger partial charge >= 0.3 is 0 Å². The van der Waals surface area contributed by atoms with Crippen LogP contribution in [0.5, 0.6) is 0 Å². The second-order valence-corrected chi connectivity index (χ2v) is 5.41. The molecular weight excluding hydrogens is 248 g/mol. The van der Waals surface area contributed by atoms with E-state index in [9.17, 15) is 13.6 Å². The molecular formula is C15H19F2NO. The molecule has 2 atom stereocenters. The van der Waals surface area contributed by atoms with E-state index in [0.29, 0.717) is 5.92 Å². The molecule has 0 aromatic heterocycles. The van der Waals surface area contributed by atoms with Gasteiger partial charge in [0, 0.05) is 12.6 Å². The molecule has 2 unspecified atom stereocenters. The Morgan fingerprint density at radius 1 is 1.42 bits per heavy atom. The van der Waals surface area contributed by atoms with Gasteiger partial charge in [0.05, 0.1) is 11.6 Å². The zero-order valence-electron chi connectivity index (χ0n) is 11.3. The summed E-state index contributed by atoms with van der Waals surface area (Å²) < 4.78 is 26.5. The maximum absolute atomic E-state index is 13.6. The number of Topliss-reactive ketones (excluding diaryl/α,β-unsaturated/α-hetero) is 1. The van der Waals surface area contributed by atoms with Gasteiger partial charge in [-0.25, -0.2) is 8.78 Å². The van der Waals surface area contributed by atoms with Crippen molar-refractivity contribution in [2.45, 2.75) is 32.7 Å². The van der Waals surface area contributed by atoms with Crippen LogP contribution in [-0.4, -0.2) is 29.8 Å². The largest absolute Gasteiger partial charge is 0.293 e. The summed E-state index contributed by atoms with van der Waals surface area (Å²) in [6.07, 6.45) is 2.23. The molecule has 1 aromatic carbocycles. The Morgan fingerprint density at radius 2 is 2.16 bits per heavy atom. The first-order chi connectivity index (χ1) is 8.99. The van der Waals surface area contributed by atoms with Crippen molar-refractivity contribution in [3.8, 4) is 0 Å². The predicted molar refractivity (Wildman–Crippen MR) is 70.1 cm³/mol. The minimum atomic E-state index is -0.776. The zero-order chi connectivity index (χ0) is 14.0. The number of hydrogen-bond acceptors (Lipinski definition) is 2. The fourth-order valence-corrected chi connectivity index (χ4v) is 2.66. The van der Waals surface area contributed by atoms with Crippen LogP contribution in [0.15, 0.2) is 18.2 Å². The van der Waals surface area contributed by atoms with E-state index < -0.39 is 11.6 Å². The molecule has 1 aromatic rings. The summed E-state index contributed by atoms with van der Waals surface area (Å²) in [5.74, 6) is -1.15. The fourth-order valence-electron chi connectivity index (χ4n) is 2.66. The summed E-state index contributed by atoms with van der Waals surface area (Å²) in [5, 5.41) is 0. The molecule has 1 heterocycles. The monoisotopic (exact) mass is 267 g/mol. The van der Waals surface area contributed by atoms with Crippen molar-refractivity contribution in [3.63, 3.8) is 0 Å². The fraction of sp³-hybridized carbons (Fsp3) is 0.533. The smallest absolute Gasteiger partial charge is 0.182 e. The van der Waals surface area contributed by atoms with E-state index >= 15 is 0 Å². The molecule has 0 aliphatic carbocycles. The van der Waals surface area contributed by atoms with E-state index in [2.05, 4.69) is 11.8 Å². The molecule has 1 saturated heterocycles. The lowest BCUT2D eigenvalue weighted by atomic mass is 9.96. The van der Waals surface area contributed by atoms with Crippen LogP contribution < -0.4 is 0 Å².